The summed E-state index contributed by atoms with van der Waals surface area (Å²) in [5.41, 5.74) is 6.43. The van der Waals surface area contributed by atoms with Gasteiger partial charge >= 0.3 is 5.97 Å². The molecule has 0 spiro atoms. The van der Waals surface area contributed by atoms with Gasteiger partial charge in [-0.1, -0.05) is 6.07 Å². The van der Waals surface area contributed by atoms with Gasteiger partial charge in [-0.05, 0) is 18.2 Å². The third kappa shape index (κ3) is 2.38. The molecule has 90 valence electrons. The van der Waals surface area contributed by atoms with Crippen molar-refractivity contribution in [2.45, 2.75) is 12.5 Å². The van der Waals surface area contributed by atoms with Gasteiger partial charge in [0.25, 0.3) is 5.91 Å². The lowest BCUT2D eigenvalue weighted by molar-refractivity contribution is -0.133. The number of nitrogen functional groups attached to an aromatic ring is 1. The zero-order valence-electron chi connectivity index (χ0n) is 9.55. The standard InChI is InChI=1S/C12H14N2O3/c1-14-6-5-10(11(14)15)17-12(16)8-3-2-4-9(13)7-8/h2-4,7,10H,5-6,13H2,1H3. The molecule has 17 heavy (non-hydrogen) atoms. The van der Waals surface area contributed by atoms with E-state index in [1.54, 1.807) is 30.1 Å². The number of hydrogen-bond acceptors (Lipinski definition) is 4. The molecule has 1 atom stereocenters. The highest BCUT2D eigenvalue weighted by Gasteiger charge is 2.32. The molecular weight excluding hydrogens is 220 g/mol. The Hall–Kier alpha value is -2.04. The number of nitrogens with two attached hydrogens (primary N) is 1. The molecule has 0 saturated carbocycles. The number of benzene rings is 1. The summed E-state index contributed by atoms with van der Waals surface area (Å²) < 4.78 is 5.15. The van der Waals surface area contributed by atoms with Crippen LogP contribution in [0.15, 0.2) is 24.3 Å². The summed E-state index contributed by atoms with van der Waals surface area (Å²) in [5.74, 6) is -0.659. The van der Waals surface area contributed by atoms with Gasteiger partial charge in [0.05, 0.1) is 5.56 Å². The number of likely N-dealkylation sites (N-methyl/N-ethyl adjacent to an activating group) is 1. The predicted octanol–water partition coefficient (Wildman–Crippen LogP) is 0.656. The number of ether oxygens (including phenoxy) is 1. The maximum Gasteiger partial charge on any atom is 0.338 e. The van der Waals surface area contributed by atoms with Crippen molar-refractivity contribution < 1.29 is 14.3 Å². The summed E-state index contributed by atoms with van der Waals surface area (Å²) in [5, 5.41) is 0. The fraction of sp³-hybridized carbons (Fsp3) is 0.333. The lowest BCUT2D eigenvalue weighted by Gasteiger charge is -2.11. The summed E-state index contributed by atoms with van der Waals surface area (Å²) >= 11 is 0. The molecule has 1 aliphatic rings. The van der Waals surface area contributed by atoms with Gasteiger partial charge in [0.2, 0.25) is 0 Å². The summed E-state index contributed by atoms with van der Waals surface area (Å²) in [6.45, 7) is 0.619. The Balaban J connectivity index is 2.05. The van der Waals surface area contributed by atoms with Gasteiger partial charge in [-0.3, -0.25) is 4.79 Å². The largest absolute Gasteiger partial charge is 0.449 e. The van der Waals surface area contributed by atoms with Gasteiger partial charge in [0, 0.05) is 25.7 Å². The first-order valence-electron chi connectivity index (χ1n) is 5.39. The first-order valence-corrected chi connectivity index (χ1v) is 5.39. The number of amides is 1. The molecule has 1 saturated heterocycles. The summed E-state index contributed by atoms with van der Waals surface area (Å²) in [4.78, 5) is 24.9. The molecule has 1 heterocycles. The minimum atomic E-state index is -0.658. The Morgan fingerprint density at radius 2 is 2.29 bits per heavy atom. The number of carbonyl (C=O) groups excluding carboxylic acids is 2. The van der Waals surface area contributed by atoms with Gasteiger partial charge in [0.15, 0.2) is 6.10 Å². The Kier molecular flexibility index (Phi) is 2.99. The topological polar surface area (TPSA) is 72.6 Å². The van der Waals surface area contributed by atoms with Crippen molar-refractivity contribution in [3.8, 4) is 0 Å². The van der Waals surface area contributed by atoms with E-state index in [2.05, 4.69) is 0 Å². The van der Waals surface area contributed by atoms with Crippen LogP contribution in [0.5, 0.6) is 0 Å². The van der Waals surface area contributed by atoms with E-state index in [-0.39, 0.29) is 5.91 Å². The zero-order chi connectivity index (χ0) is 12.4. The van der Waals surface area contributed by atoms with E-state index in [9.17, 15) is 9.59 Å². The average molecular weight is 234 g/mol. The highest BCUT2D eigenvalue weighted by molar-refractivity contribution is 5.93. The number of likely N-dealkylation sites (tertiary alicyclic amines) is 1. The van der Waals surface area contributed by atoms with Crippen LogP contribution >= 0.6 is 0 Å². The van der Waals surface area contributed by atoms with E-state index in [1.807, 2.05) is 0 Å². The molecule has 5 heteroatoms. The van der Waals surface area contributed by atoms with Crippen LogP contribution in [-0.2, 0) is 9.53 Å². The second kappa shape index (κ2) is 4.45. The van der Waals surface area contributed by atoms with Gasteiger partial charge in [-0.2, -0.15) is 0 Å². The third-order valence-electron chi connectivity index (χ3n) is 2.75. The number of anilines is 1. The van der Waals surface area contributed by atoms with E-state index >= 15 is 0 Å². The molecule has 2 N–H and O–H groups in total. The summed E-state index contributed by atoms with van der Waals surface area (Å²) in [6, 6.07) is 6.51. The van der Waals surface area contributed by atoms with Crippen LogP contribution in [0.25, 0.3) is 0 Å². The number of nitrogens with zero attached hydrogens (tertiary/aromatic N) is 1. The fourth-order valence-corrected chi connectivity index (χ4v) is 1.76. The van der Waals surface area contributed by atoms with Crippen LogP contribution in [0, 0.1) is 0 Å². The maximum atomic E-state index is 11.8. The van der Waals surface area contributed by atoms with Crippen molar-refractivity contribution >= 4 is 17.6 Å². The van der Waals surface area contributed by atoms with Crippen molar-refractivity contribution in [3.05, 3.63) is 29.8 Å². The quantitative estimate of drug-likeness (QED) is 0.602. The second-order valence-electron chi connectivity index (χ2n) is 4.07. The van der Waals surface area contributed by atoms with E-state index in [4.69, 9.17) is 10.5 Å². The Bertz CT molecular complexity index is 459. The highest BCUT2D eigenvalue weighted by Crippen LogP contribution is 2.15. The Labute approximate surface area is 99.2 Å². The summed E-state index contributed by atoms with van der Waals surface area (Å²) in [7, 11) is 1.69. The minimum absolute atomic E-state index is 0.151. The molecule has 1 aliphatic heterocycles. The smallest absolute Gasteiger partial charge is 0.338 e. The Morgan fingerprint density at radius 3 is 2.88 bits per heavy atom. The van der Waals surface area contributed by atoms with Crippen LogP contribution in [0.2, 0.25) is 0 Å². The molecule has 1 aromatic carbocycles. The van der Waals surface area contributed by atoms with Crippen molar-refractivity contribution in [3.63, 3.8) is 0 Å². The zero-order valence-corrected chi connectivity index (χ0v) is 9.55. The molecule has 1 unspecified atom stereocenters. The van der Waals surface area contributed by atoms with Crippen LogP contribution < -0.4 is 5.73 Å². The molecule has 2 rings (SSSR count). The number of carbonyl (C=O) groups is 2. The van der Waals surface area contributed by atoms with Crippen molar-refractivity contribution in [2.75, 3.05) is 19.3 Å². The second-order valence-corrected chi connectivity index (χ2v) is 4.07. The van der Waals surface area contributed by atoms with Gasteiger partial charge < -0.3 is 15.4 Å². The molecule has 1 aromatic rings. The molecular formula is C12H14N2O3. The molecule has 0 aliphatic carbocycles. The number of rotatable bonds is 2. The van der Waals surface area contributed by atoms with E-state index < -0.39 is 12.1 Å². The third-order valence-corrected chi connectivity index (χ3v) is 2.75. The molecule has 1 fully saturated rings. The first kappa shape index (κ1) is 11.4. The number of esters is 1. The Morgan fingerprint density at radius 1 is 1.53 bits per heavy atom. The normalized spacial score (nSPS) is 19.5. The van der Waals surface area contributed by atoms with Gasteiger partial charge in [-0.25, -0.2) is 4.79 Å². The molecule has 5 nitrogen and oxygen atoms in total. The van der Waals surface area contributed by atoms with Gasteiger partial charge in [0.1, 0.15) is 0 Å². The maximum absolute atomic E-state index is 11.8. The lowest BCUT2D eigenvalue weighted by Crippen LogP contribution is -2.29. The van der Waals surface area contributed by atoms with E-state index in [0.29, 0.717) is 24.2 Å². The SMILES string of the molecule is CN1CCC(OC(=O)c2cccc(N)c2)C1=O. The van der Waals surface area contributed by atoms with E-state index in [1.165, 1.54) is 6.07 Å². The van der Waals surface area contributed by atoms with Crippen LogP contribution in [0.1, 0.15) is 16.8 Å². The average Bonchev–Trinajstić information content (AvgIpc) is 2.61. The molecule has 0 bridgehead atoms. The minimum Gasteiger partial charge on any atom is -0.449 e. The number of hydrogen-bond donors (Lipinski definition) is 1. The first-order chi connectivity index (χ1) is 8.08. The molecule has 0 radical (unpaired) electrons. The van der Waals surface area contributed by atoms with Crippen molar-refractivity contribution in [2.24, 2.45) is 0 Å². The summed E-state index contributed by atoms with van der Waals surface area (Å²) in [6.07, 6.45) is -0.113. The van der Waals surface area contributed by atoms with Crippen molar-refractivity contribution in [1.82, 2.24) is 4.90 Å². The van der Waals surface area contributed by atoms with E-state index in [0.717, 1.165) is 0 Å². The predicted molar refractivity (Wildman–Crippen MR) is 62.3 cm³/mol. The molecule has 0 aromatic heterocycles. The van der Waals surface area contributed by atoms with Gasteiger partial charge in [-0.15, -0.1) is 0 Å². The molecule has 1 amide bonds. The highest BCUT2D eigenvalue weighted by atomic mass is 16.5. The van der Waals surface area contributed by atoms with Crippen LogP contribution in [-0.4, -0.2) is 36.5 Å². The van der Waals surface area contributed by atoms with Crippen LogP contribution in [0.3, 0.4) is 0 Å². The fourth-order valence-electron chi connectivity index (χ4n) is 1.76. The van der Waals surface area contributed by atoms with Crippen LogP contribution in [0.4, 0.5) is 5.69 Å². The van der Waals surface area contributed by atoms with Crippen molar-refractivity contribution in [1.29, 1.82) is 0 Å². The monoisotopic (exact) mass is 234 g/mol. The lowest BCUT2D eigenvalue weighted by atomic mass is 10.2.